The van der Waals surface area contributed by atoms with Crippen molar-refractivity contribution < 1.29 is 14.0 Å². The van der Waals surface area contributed by atoms with Gasteiger partial charge in [-0.15, -0.1) is 22.7 Å². The Morgan fingerprint density at radius 1 is 1.12 bits per heavy atom. The van der Waals surface area contributed by atoms with Crippen LogP contribution in [0.4, 0.5) is 0 Å². The number of furan rings is 1. The van der Waals surface area contributed by atoms with E-state index in [2.05, 4.69) is 17.4 Å². The molecule has 0 radical (unpaired) electrons. The van der Waals surface area contributed by atoms with Crippen LogP contribution in [0.15, 0.2) is 53.1 Å². The second kappa shape index (κ2) is 6.93. The number of benzene rings is 1. The van der Waals surface area contributed by atoms with Gasteiger partial charge < -0.3 is 14.6 Å². The minimum Gasteiger partial charge on any atom is -0.467 e. The monoisotopic (exact) mass is 384 g/mol. The summed E-state index contributed by atoms with van der Waals surface area (Å²) in [5.74, 6) is 0.314. The number of hydrogen-bond acceptors (Lipinski definition) is 5. The molecule has 132 valence electrons. The van der Waals surface area contributed by atoms with E-state index in [-0.39, 0.29) is 18.4 Å². The highest BCUT2D eigenvalue weighted by atomic mass is 32.1. The Balaban J connectivity index is 1.44. The molecule has 0 spiro atoms. The number of carbonyl (C=O) groups is 2. The van der Waals surface area contributed by atoms with E-state index in [1.54, 1.807) is 36.8 Å². The van der Waals surface area contributed by atoms with E-state index in [4.69, 9.17) is 4.42 Å². The molecule has 0 atom stereocenters. The summed E-state index contributed by atoms with van der Waals surface area (Å²) in [5, 5.41) is 3.92. The molecule has 0 aliphatic carbocycles. The van der Waals surface area contributed by atoms with Gasteiger partial charge in [-0.3, -0.25) is 9.59 Å². The maximum atomic E-state index is 12.7. The van der Waals surface area contributed by atoms with E-state index in [0.29, 0.717) is 17.2 Å². The van der Waals surface area contributed by atoms with E-state index in [0.717, 1.165) is 9.40 Å². The quantitative estimate of drug-likeness (QED) is 0.563. The Bertz CT molecular complexity index is 1080. The first-order valence-electron chi connectivity index (χ1n) is 8.07. The maximum absolute atomic E-state index is 12.7. The number of likely N-dealkylation sites (N-methyl/N-ethyl adjacent to an activating group) is 1. The van der Waals surface area contributed by atoms with Crippen molar-refractivity contribution in [2.75, 3.05) is 13.6 Å². The molecule has 5 nitrogen and oxygen atoms in total. The van der Waals surface area contributed by atoms with Gasteiger partial charge in [0.2, 0.25) is 5.91 Å². The predicted molar refractivity (Wildman–Crippen MR) is 105 cm³/mol. The third kappa shape index (κ3) is 3.23. The minimum atomic E-state index is -0.221. The Kier molecular flexibility index (Phi) is 4.48. The second-order valence-electron chi connectivity index (χ2n) is 5.92. The molecule has 4 aromatic rings. The first-order valence-corrected chi connectivity index (χ1v) is 9.71. The van der Waals surface area contributed by atoms with Crippen LogP contribution in [-0.2, 0) is 11.3 Å². The van der Waals surface area contributed by atoms with Crippen molar-refractivity contribution in [2.45, 2.75) is 6.54 Å². The van der Waals surface area contributed by atoms with Crippen LogP contribution in [0.3, 0.4) is 0 Å². The Morgan fingerprint density at radius 3 is 2.77 bits per heavy atom. The molecule has 0 aliphatic heterocycles. The van der Waals surface area contributed by atoms with Crippen LogP contribution in [0, 0.1) is 0 Å². The molecule has 1 N–H and O–H groups in total. The maximum Gasteiger partial charge on any atom is 0.264 e. The summed E-state index contributed by atoms with van der Waals surface area (Å²) in [6.07, 6.45) is 1.56. The Labute approximate surface area is 157 Å². The van der Waals surface area contributed by atoms with Crippen molar-refractivity contribution in [3.05, 3.63) is 59.4 Å². The van der Waals surface area contributed by atoms with E-state index < -0.39 is 0 Å². The van der Waals surface area contributed by atoms with Gasteiger partial charge in [0.1, 0.15) is 5.76 Å². The zero-order valence-electron chi connectivity index (χ0n) is 14.0. The summed E-state index contributed by atoms with van der Waals surface area (Å²) >= 11 is 3.16. The van der Waals surface area contributed by atoms with Crippen molar-refractivity contribution in [1.29, 1.82) is 0 Å². The van der Waals surface area contributed by atoms with Crippen molar-refractivity contribution in [3.63, 3.8) is 0 Å². The number of nitrogens with one attached hydrogen (secondary N) is 1. The zero-order valence-corrected chi connectivity index (χ0v) is 15.7. The average Bonchev–Trinajstić information content (AvgIpc) is 3.35. The van der Waals surface area contributed by atoms with Gasteiger partial charge >= 0.3 is 0 Å². The van der Waals surface area contributed by atoms with Gasteiger partial charge in [-0.25, -0.2) is 0 Å². The van der Waals surface area contributed by atoms with Crippen molar-refractivity contribution in [3.8, 4) is 0 Å². The SMILES string of the molecule is CN(CC(=O)NCc1ccco1)C(=O)c1cc2sc3ccccc3c2s1. The molecule has 0 unspecified atom stereocenters. The van der Waals surface area contributed by atoms with Gasteiger partial charge in [-0.2, -0.15) is 0 Å². The van der Waals surface area contributed by atoms with Crippen LogP contribution in [0.25, 0.3) is 19.5 Å². The lowest BCUT2D eigenvalue weighted by Crippen LogP contribution is -2.37. The summed E-state index contributed by atoms with van der Waals surface area (Å²) in [5.41, 5.74) is 0. The van der Waals surface area contributed by atoms with Crippen LogP contribution in [0.1, 0.15) is 15.4 Å². The fourth-order valence-corrected chi connectivity index (χ4v) is 5.25. The minimum absolute atomic E-state index is 0.00579. The molecule has 2 amide bonds. The normalized spacial score (nSPS) is 11.1. The summed E-state index contributed by atoms with van der Waals surface area (Å²) in [6, 6.07) is 13.7. The van der Waals surface area contributed by atoms with E-state index in [9.17, 15) is 9.59 Å². The van der Waals surface area contributed by atoms with Crippen molar-refractivity contribution >= 4 is 54.0 Å². The molecule has 4 rings (SSSR count). The van der Waals surface area contributed by atoms with Gasteiger partial charge in [-0.1, -0.05) is 18.2 Å². The first kappa shape index (κ1) is 16.8. The zero-order chi connectivity index (χ0) is 18.1. The number of rotatable bonds is 5. The van der Waals surface area contributed by atoms with Gasteiger partial charge in [-0.05, 0) is 24.3 Å². The molecule has 1 aromatic carbocycles. The van der Waals surface area contributed by atoms with Gasteiger partial charge in [0, 0.05) is 21.8 Å². The highest BCUT2D eigenvalue weighted by Crippen LogP contribution is 2.39. The average molecular weight is 384 g/mol. The van der Waals surface area contributed by atoms with Crippen LogP contribution >= 0.6 is 22.7 Å². The highest BCUT2D eigenvalue weighted by molar-refractivity contribution is 7.33. The number of thiophene rings is 2. The van der Waals surface area contributed by atoms with Crippen LogP contribution in [-0.4, -0.2) is 30.3 Å². The Hall–Kier alpha value is -2.64. The second-order valence-corrected chi connectivity index (χ2v) is 8.06. The lowest BCUT2D eigenvalue weighted by molar-refractivity contribution is -0.121. The van der Waals surface area contributed by atoms with Crippen molar-refractivity contribution in [2.24, 2.45) is 0 Å². The third-order valence-electron chi connectivity index (χ3n) is 4.03. The summed E-state index contributed by atoms with van der Waals surface area (Å²) in [4.78, 5) is 26.8. The molecule has 3 heterocycles. The van der Waals surface area contributed by atoms with E-state index in [1.165, 1.54) is 26.3 Å². The largest absolute Gasteiger partial charge is 0.467 e. The molecular formula is C19H16N2O3S2. The van der Waals surface area contributed by atoms with Crippen LogP contribution < -0.4 is 5.32 Å². The lowest BCUT2D eigenvalue weighted by atomic mass is 10.2. The fraction of sp³-hybridized carbons (Fsp3) is 0.158. The predicted octanol–water partition coefficient (Wildman–Crippen LogP) is 4.10. The van der Waals surface area contributed by atoms with Crippen LogP contribution in [0.2, 0.25) is 0 Å². The van der Waals surface area contributed by atoms with E-state index in [1.807, 2.05) is 18.2 Å². The number of nitrogens with zero attached hydrogens (tertiary/aromatic N) is 1. The van der Waals surface area contributed by atoms with Gasteiger partial charge in [0.15, 0.2) is 0 Å². The molecular weight excluding hydrogens is 368 g/mol. The molecule has 0 aliphatic rings. The molecule has 0 saturated heterocycles. The summed E-state index contributed by atoms with van der Waals surface area (Å²) in [6.45, 7) is 0.320. The molecule has 3 aromatic heterocycles. The highest BCUT2D eigenvalue weighted by Gasteiger charge is 2.19. The fourth-order valence-electron chi connectivity index (χ4n) is 2.74. The number of amides is 2. The first-order chi connectivity index (χ1) is 12.6. The number of hydrogen-bond donors (Lipinski definition) is 1. The summed E-state index contributed by atoms with van der Waals surface area (Å²) < 4.78 is 8.63. The number of fused-ring (bicyclic) bond motifs is 3. The van der Waals surface area contributed by atoms with E-state index >= 15 is 0 Å². The van der Waals surface area contributed by atoms with Gasteiger partial charge in [0.05, 0.1) is 28.9 Å². The van der Waals surface area contributed by atoms with Crippen molar-refractivity contribution in [1.82, 2.24) is 10.2 Å². The summed E-state index contributed by atoms with van der Waals surface area (Å²) in [7, 11) is 1.64. The molecule has 0 saturated carbocycles. The molecule has 26 heavy (non-hydrogen) atoms. The smallest absolute Gasteiger partial charge is 0.264 e. The lowest BCUT2D eigenvalue weighted by Gasteiger charge is -2.15. The topological polar surface area (TPSA) is 62.6 Å². The standard InChI is InChI=1S/C19H16N2O3S2/c1-21(11-17(22)20-10-12-5-4-8-24-12)19(23)16-9-15-18(26-16)13-6-2-3-7-14(13)25-15/h2-9H,10-11H2,1H3,(H,20,22). The van der Waals surface area contributed by atoms with Gasteiger partial charge in [0.25, 0.3) is 5.91 Å². The number of carbonyl (C=O) groups excluding carboxylic acids is 2. The Morgan fingerprint density at radius 2 is 1.96 bits per heavy atom. The van der Waals surface area contributed by atoms with Crippen LogP contribution in [0.5, 0.6) is 0 Å². The molecule has 7 heteroatoms. The third-order valence-corrected chi connectivity index (χ3v) is 6.43. The molecule has 0 fully saturated rings. The molecule has 0 bridgehead atoms.